The standard InChI is InChI=1S/C12H15NO3.C11H14O2/c1-12(2,3)16-11-7-5-4-6-10(11)8-9-13(14)15;1-11(2,3)13-10-7-5-4-6-9(10)8-12/h4-9H,1-3H3;4-8H,1-3H3. The molecule has 0 aliphatic heterocycles. The molecule has 0 amide bonds. The first-order valence-corrected chi connectivity index (χ1v) is 9.24. The van der Waals surface area contributed by atoms with E-state index in [-0.39, 0.29) is 11.2 Å². The Hall–Kier alpha value is -3.15. The van der Waals surface area contributed by atoms with E-state index in [9.17, 15) is 14.9 Å². The molecule has 0 unspecified atom stereocenters. The van der Waals surface area contributed by atoms with Crippen LogP contribution in [0, 0.1) is 10.1 Å². The number of hydrogen-bond donors (Lipinski definition) is 0. The van der Waals surface area contributed by atoms with Crippen molar-refractivity contribution in [2.75, 3.05) is 0 Å². The molecule has 6 nitrogen and oxygen atoms in total. The number of carbonyl (C=O) groups is 1. The Morgan fingerprint density at radius 1 is 0.793 bits per heavy atom. The van der Waals surface area contributed by atoms with Gasteiger partial charge in [0.15, 0.2) is 6.29 Å². The van der Waals surface area contributed by atoms with E-state index in [1.165, 1.54) is 6.08 Å². The Labute approximate surface area is 172 Å². The molecule has 0 aliphatic carbocycles. The summed E-state index contributed by atoms with van der Waals surface area (Å²) in [7, 11) is 0. The molecule has 0 bridgehead atoms. The first kappa shape index (κ1) is 23.9. The lowest BCUT2D eigenvalue weighted by molar-refractivity contribution is -0.400. The van der Waals surface area contributed by atoms with Crippen LogP contribution in [-0.2, 0) is 0 Å². The molecule has 2 aromatic rings. The van der Waals surface area contributed by atoms with Crippen molar-refractivity contribution in [1.82, 2.24) is 0 Å². The van der Waals surface area contributed by atoms with Crippen molar-refractivity contribution in [3.8, 4) is 11.5 Å². The predicted molar refractivity (Wildman–Crippen MR) is 115 cm³/mol. The number of ether oxygens (including phenoxy) is 2. The van der Waals surface area contributed by atoms with Gasteiger partial charge in [0.2, 0.25) is 6.20 Å². The molecule has 6 heteroatoms. The molecule has 2 rings (SSSR count). The lowest BCUT2D eigenvalue weighted by atomic mass is 10.1. The number of carbonyl (C=O) groups excluding carboxylic acids is 1. The van der Waals surface area contributed by atoms with Gasteiger partial charge in [-0.15, -0.1) is 0 Å². The molecule has 0 radical (unpaired) electrons. The number of aldehydes is 1. The summed E-state index contributed by atoms with van der Waals surface area (Å²) >= 11 is 0. The van der Waals surface area contributed by atoms with Crippen LogP contribution in [0.4, 0.5) is 0 Å². The van der Waals surface area contributed by atoms with Crippen LogP contribution >= 0.6 is 0 Å². The fraction of sp³-hybridized carbons (Fsp3) is 0.348. The van der Waals surface area contributed by atoms with Gasteiger partial charge in [-0.05, 0) is 59.7 Å². The first-order chi connectivity index (χ1) is 13.4. The van der Waals surface area contributed by atoms with Crippen LogP contribution in [0.3, 0.4) is 0 Å². The summed E-state index contributed by atoms with van der Waals surface area (Å²) in [6.45, 7) is 11.7. The molecule has 0 atom stereocenters. The summed E-state index contributed by atoms with van der Waals surface area (Å²) in [6.07, 6.45) is 3.15. The minimum atomic E-state index is -0.492. The highest BCUT2D eigenvalue weighted by molar-refractivity contribution is 5.79. The van der Waals surface area contributed by atoms with Crippen molar-refractivity contribution < 1.29 is 19.2 Å². The summed E-state index contributed by atoms with van der Waals surface area (Å²) in [5.41, 5.74) is 0.712. The van der Waals surface area contributed by atoms with E-state index in [0.29, 0.717) is 22.6 Å². The van der Waals surface area contributed by atoms with Gasteiger partial charge >= 0.3 is 0 Å². The molecule has 0 N–H and O–H groups in total. The molecule has 0 heterocycles. The van der Waals surface area contributed by atoms with Gasteiger partial charge in [-0.1, -0.05) is 30.3 Å². The van der Waals surface area contributed by atoms with Crippen LogP contribution in [0.2, 0.25) is 0 Å². The van der Waals surface area contributed by atoms with Crippen LogP contribution < -0.4 is 9.47 Å². The zero-order valence-corrected chi connectivity index (χ0v) is 17.8. The zero-order valence-electron chi connectivity index (χ0n) is 17.8. The lowest BCUT2D eigenvalue weighted by Crippen LogP contribution is -2.23. The summed E-state index contributed by atoms with van der Waals surface area (Å²) in [4.78, 5) is 20.4. The minimum Gasteiger partial charge on any atom is -0.488 e. The van der Waals surface area contributed by atoms with Crippen molar-refractivity contribution in [3.05, 3.63) is 76.0 Å². The van der Waals surface area contributed by atoms with Gasteiger partial charge in [0.25, 0.3) is 0 Å². The van der Waals surface area contributed by atoms with Gasteiger partial charge in [-0.3, -0.25) is 14.9 Å². The molecule has 29 heavy (non-hydrogen) atoms. The largest absolute Gasteiger partial charge is 0.488 e. The Balaban J connectivity index is 0.000000296. The van der Waals surface area contributed by atoms with E-state index >= 15 is 0 Å². The average molecular weight is 399 g/mol. The van der Waals surface area contributed by atoms with E-state index < -0.39 is 4.92 Å². The quantitative estimate of drug-likeness (QED) is 0.361. The second-order valence-corrected chi connectivity index (χ2v) is 8.22. The van der Waals surface area contributed by atoms with E-state index in [0.717, 1.165) is 12.5 Å². The molecule has 156 valence electrons. The summed E-state index contributed by atoms with van der Waals surface area (Å²) in [5.74, 6) is 1.29. The van der Waals surface area contributed by atoms with Crippen LogP contribution in [0.1, 0.15) is 57.5 Å². The molecule has 0 saturated heterocycles. The number of nitrogens with zero attached hydrogens (tertiary/aromatic N) is 1. The second kappa shape index (κ2) is 10.4. The topological polar surface area (TPSA) is 78.7 Å². The third-order valence-corrected chi connectivity index (χ3v) is 3.17. The van der Waals surface area contributed by atoms with Crippen molar-refractivity contribution >= 4 is 12.4 Å². The van der Waals surface area contributed by atoms with Gasteiger partial charge in [0, 0.05) is 11.6 Å². The van der Waals surface area contributed by atoms with Gasteiger partial charge < -0.3 is 9.47 Å². The highest BCUT2D eigenvalue weighted by Gasteiger charge is 2.14. The highest BCUT2D eigenvalue weighted by atomic mass is 16.6. The fourth-order valence-corrected chi connectivity index (χ4v) is 2.18. The summed E-state index contributed by atoms with van der Waals surface area (Å²) in [6, 6.07) is 14.4. The molecule has 0 saturated carbocycles. The van der Waals surface area contributed by atoms with E-state index in [1.54, 1.807) is 24.3 Å². The Morgan fingerprint density at radius 2 is 1.21 bits per heavy atom. The third-order valence-electron chi connectivity index (χ3n) is 3.17. The molecule has 0 fully saturated rings. The average Bonchev–Trinajstić information content (AvgIpc) is 2.59. The van der Waals surface area contributed by atoms with Crippen molar-refractivity contribution in [3.63, 3.8) is 0 Å². The maximum absolute atomic E-state index is 10.6. The Morgan fingerprint density at radius 3 is 1.62 bits per heavy atom. The number of nitro groups is 1. The smallest absolute Gasteiger partial charge is 0.235 e. The molecular formula is C23H29NO5. The van der Waals surface area contributed by atoms with Crippen LogP contribution in [0.15, 0.2) is 54.7 Å². The van der Waals surface area contributed by atoms with Gasteiger partial charge in [-0.2, -0.15) is 0 Å². The van der Waals surface area contributed by atoms with E-state index in [1.807, 2.05) is 65.8 Å². The SMILES string of the molecule is CC(C)(C)Oc1ccccc1C=C[N+](=O)[O-].CC(C)(C)Oc1ccccc1C=O. The van der Waals surface area contributed by atoms with Crippen LogP contribution in [0.5, 0.6) is 11.5 Å². The monoisotopic (exact) mass is 399 g/mol. The van der Waals surface area contributed by atoms with Gasteiger partial charge in [0.05, 0.1) is 10.5 Å². The Kier molecular flexibility index (Phi) is 8.57. The number of para-hydroxylation sites is 2. The van der Waals surface area contributed by atoms with Crippen molar-refractivity contribution in [2.24, 2.45) is 0 Å². The summed E-state index contributed by atoms with van der Waals surface area (Å²) in [5, 5.41) is 10.2. The predicted octanol–water partition coefficient (Wildman–Crippen LogP) is 5.79. The molecule has 0 spiro atoms. The van der Waals surface area contributed by atoms with Crippen LogP contribution in [-0.4, -0.2) is 22.4 Å². The minimum absolute atomic E-state index is 0.265. The van der Waals surface area contributed by atoms with E-state index in [4.69, 9.17) is 9.47 Å². The maximum Gasteiger partial charge on any atom is 0.235 e. The molecular weight excluding hydrogens is 370 g/mol. The third kappa shape index (κ3) is 10.1. The van der Waals surface area contributed by atoms with Crippen molar-refractivity contribution in [1.29, 1.82) is 0 Å². The highest BCUT2D eigenvalue weighted by Crippen LogP contribution is 2.24. The first-order valence-electron chi connectivity index (χ1n) is 9.24. The van der Waals surface area contributed by atoms with Crippen LogP contribution in [0.25, 0.3) is 6.08 Å². The number of rotatable bonds is 5. The molecule has 0 aliphatic rings. The zero-order chi connectivity index (χ0) is 22.1. The van der Waals surface area contributed by atoms with Gasteiger partial charge in [0.1, 0.15) is 22.7 Å². The van der Waals surface area contributed by atoms with E-state index in [2.05, 4.69) is 0 Å². The number of hydrogen-bond acceptors (Lipinski definition) is 5. The number of benzene rings is 2. The maximum atomic E-state index is 10.6. The second-order valence-electron chi connectivity index (χ2n) is 8.22. The fourth-order valence-electron chi connectivity index (χ4n) is 2.18. The molecule has 2 aromatic carbocycles. The lowest BCUT2D eigenvalue weighted by Gasteiger charge is -2.22. The summed E-state index contributed by atoms with van der Waals surface area (Å²) < 4.78 is 11.3. The normalized spacial score (nSPS) is 11.4. The molecule has 0 aromatic heterocycles. The van der Waals surface area contributed by atoms with Crippen molar-refractivity contribution in [2.45, 2.75) is 52.7 Å². The Bertz CT molecular complexity index is 845. The van der Waals surface area contributed by atoms with Gasteiger partial charge in [-0.25, -0.2) is 0 Å².